The minimum Gasteiger partial charge on any atom is -0.452 e. The molecule has 0 radical (unpaired) electrons. The lowest BCUT2D eigenvalue weighted by atomic mass is 9.78. The number of amides is 1. The lowest BCUT2D eigenvalue weighted by Crippen LogP contribution is -2.45. The zero-order valence-corrected chi connectivity index (χ0v) is 16.3. The maximum atomic E-state index is 12.1. The molecule has 7 nitrogen and oxygen atoms in total. The third-order valence-corrected chi connectivity index (χ3v) is 6.25. The number of benzene rings is 1. The van der Waals surface area contributed by atoms with Crippen molar-refractivity contribution in [3.8, 4) is 0 Å². The van der Waals surface area contributed by atoms with Gasteiger partial charge in [-0.2, -0.15) is 0 Å². The number of sulfonamides is 1. The second-order valence-electron chi connectivity index (χ2n) is 6.71. The lowest BCUT2D eigenvalue weighted by molar-refractivity contribution is -0.125. The number of ether oxygens (including phenoxy) is 1. The first-order valence-electron chi connectivity index (χ1n) is 8.38. The molecule has 0 aromatic heterocycles. The van der Waals surface area contributed by atoms with Gasteiger partial charge in [-0.15, -0.1) is 0 Å². The topological polar surface area (TPSA) is 116 Å². The molecule has 1 aromatic rings. The predicted molar refractivity (Wildman–Crippen MR) is 97.2 cm³/mol. The fraction of sp³-hybridized carbons (Fsp3) is 0.529. The van der Waals surface area contributed by atoms with Gasteiger partial charge in [-0.1, -0.05) is 38.3 Å². The van der Waals surface area contributed by atoms with Crippen molar-refractivity contribution in [1.82, 2.24) is 5.32 Å². The van der Waals surface area contributed by atoms with Crippen LogP contribution in [-0.2, 0) is 19.6 Å². The van der Waals surface area contributed by atoms with Crippen LogP contribution in [0.3, 0.4) is 0 Å². The van der Waals surface area contributed by atoms with Crippen molar-refractivity contribution in [1.29, 1.82) is 0 Å². The summed E-state index contributed by atoms with van der Waals surface area (Å²) in [5.74, 6) is -0.323. The zero-order valence-electron chi connectivity index (χ0n) is 14.7. The minimum absolute atomic E-state index is 0.0501. The first-order valence-corrected chi connectivity index (χ1v) is 10.3. The first kappa shape index (κ1) is 20.7. The lowest BCUT2D eigenvalue weighted by Gasteiger charge is -2.34. The van der Waals surface area contributed by atoms with E-state index in [1.807, 2.05) is 0 Å². The predicted octanol–water partition coefficient (Wildman–Crippen LogP) is 2.09. The Morgan fingerprint density at radius 3 is 2.65 bits per heavy atom. The first-order chi connectivity index (χ1) is 12.1. The molecule has 0 bridgehead atoms. The van der Waals surface area contributed by atoms with E-state index >= 15 is 0 Å². The third kappa shape index (κ3) is 5.18. The zero-order chi connectivity index (χ0) is 19.5. The van der Waals surface area contributed by atoms with Crippen LogP contribution in [-0.4, -0.2) is 32.9 Å². The van der Waals surface area contributed by atoms with Gasteiger partial charge in [-0.25, -0.2) is 18.4 Å². The molecule has 3 atom stereocenters. The average molecular weight is 403 g/mol. The SMILES string of the molecule is C[C@@H]1[C@@H](C)CCC[C@H]1NC(=O)COC(=O)c1ccc(Cl)c(S(N)(=O)=O)c1. The van der Waals surface area contributed by atoms with Crippen molar-refractivity contribution >= 4 is 33.5 Å². The third-order valence-electron chi connectivity index (χ3n) is 4.86. The molecule has 2 rings (SSSR count). The van der Waals surface area contributed by atoms with Crippen molar-refractivity contribution in [2.24, 2.45) is 17.0 Å². The van der Waals surface area contributed by atoms with Crippen LogP contribution in [0.15, 0.2) is 23.1 Å². The van der Waals surface area contributed by atoms with Gasteiger partial charge in [0, 0.05) is 6.04 Å². The molecule has 0 unspecified atom stereocenters. The molecular weight excluding hydrogens is 380 g/mol. The van der Waals surface area contributed by atoms with Gasteiger partial charge in [0.05, 0.1) is 10.6 Å². The normalized spacial score (nSPS) is 23.3. The molecule has 9 heteroatoms. The molecule has 0 heterocycles. The quantitative estimate of drug-likeness (QED) is 0.731. The Balaban J connectivity index is 1.95. The Morgan fingerprint density at radius 1 is 1.31 bits per heavy atom. The summed E-state index contributed by atoms with van der Waals surface area (Å²) >= 11 is 5.77. The van der Waals surface area contributed by atoms with Crippen LogP contribution in [0.25, 0.3) is 0 Å². The van der Waals surface area contributed by atoms with Crippen LogP contribution in [0.2, 0.25) is 5.02 Å². The van der Waals surface area contributed by atoms with E-state index in [2.05, 4.69) is 19.2 Å². The van der Waals surface area contributed by atoms with Crippen LogP contribution >= 0.6 is 11.6 Å². The summed E-state index contributed by atoms with van der Waals surface area (Å²) in [5.41, 5.74) is -0.0501. The van der Waals surface area contributed by atoms with Crippen molar-refractivity contribution < 1.29 is 22.7 Å². The van der Waals surface area contributed by atoms with Gasteiger partial charge in [0.2, 0.25) is 10.0 Å². The van der Waals surface area contributed by atoms with Crippen LogP contribution < -0.4 is 10.5 Å². The van der Waals surface area contributed by atoms with E-state index in [9.17, 15) is 18.0 Å². The number of nitrogens with one attached hydrogen (secondary N) is 1. The summed E-state index contributed by atoms with van der Waals surface area (Å²) in [6, 6.07) is 3.64. The van der Waals surface area contributed by atoms with E-state index in [0.29, 0.717) is 11.8 Å². The van der Waals surface area contributed by atoms with Gasteiger partial charge in [0.15, 0.2) is 6.61 Å². The van der Waals surface area contributed by atoms with Crippen LogP contribution in [0.1, 0.15) is 43.5 Å². The molecule has 0 saturated heterocycles. The van der Waals surface area contributed by atoms with Crippen molar-refractivity contribution in [2.45, 2.75) is 44.0 Å². The molecule has 1 aliphatic rings. The van der Waals surface area contributed by atoms with E-state index in [0.717, 1.165) is 25.3 Å². The molecule has 1 fully saturated rings. The van der Waals surface area contributed by atoms with E-state index < -0.39 is 22.6 Å². The highest BCUT2D eigenvalue weighted by molar-refractivity contribution is 7.89. The Labute approximate surface area is 158 Å². The molecular formula is C17H23ClN2O5S. The fourth-order valence-corrected chi connectivity index (χ4v) is 4.17. The van der Waals surface area contributed by atoms with E-state index in [1.54, 1.807) is 0 Å². The maximum absolute atomic E-state index is 12.1. The number of esters is 1. The molecule has 0 aliphatic heterocycles. The highest BCUT2D eigenvalue weighted by Crippen LogP contribution is 2.29. The molecule has 1 amide bonds. The molecule has 3 N–H and O–H groups in total. The number of halogens is 1. The summed E-state index contributed by atoms with van der Waals surface area (Å²) in [6.45, 7) is 3.82. The smallest absolute Gasteiger partial charge is 0.338 e. The molecule has 144 valence electrons. The van der Waals surface area contributed by atoms with Gasteiger partial charge in [-0.05, 0) is 36.5 Å². The highest BCUT2D eigenvalue weighted by atomic mass is 35.5. The second-order valence-corrected chi connectivity index (χ2v) is 8.64. The summed E-state index contributed by atoms with van der Waals surface area (Å²) in [4.78, 5) is 23.7. The van der Waals surface area contributed by atoms with Gasteiger partial charge >= 0.3 is 5.97 Å². The van der Waals surface area contributed by atoms with Gasteiger partial charge < -0.3 is 10.1 Å². The molecule has 26 heavy (non-hydrogen) atoms. The average Bonchev–Trinajstić information content (AvgIpc) is 2.56. The fourth-order valence-electron chi connectivity index (χ4n) is 3.10. The Hall–Kier alpha value is -1.64. The van der Waals surface area contributed by atoms with E-state index in [4.69, 9.17) is 21.5 Å². The number of hydrogen-bond acceptors (Lipinski definition) is 5. The molecule has 1 saturated carbocycles. The Bertz CT molecular complexity index is 796. The van der Waals surface area contributed by atoms with Gasteiger partial charge in [0.1, 0.15) is 4.90 Å². The Morgan fingerprint density at radius 2 is 2.00 bits per heavy atom. The standard InChI is InChI=1S/C17H23ClN2O5S/c1-10-4-3-5-14(11(10)2)20-16(21)9-25-17(22)12-6-7-13(18)15(8-12)26(19,23)24/h6-8,10-11,14H,3-5,9H2,1-2H3,(H,20,21)(H2,19,23,24)/t10-,11+,14+/m0/s1. The monoisotopic (exact) mass is 402 g/mol. The number of primary sulfonamides is 1. The maximum Gasteiger partial charge on any atom is 0.338 e. The van der Waals surface area contributed by atoms with Gasteiger partial charge in [0.25, 0.3) is 5.91 Å². The van der Waals surface area contributed by atoms with Crippen LogP contribution in [0.5, 0.6) is 0 Å². The number of carbonyl (C=O) groups is 2. The largest absolute Gasteiger partial charge is 0.452 e. The Kier molecular flexibility index (Phi) is 6.65. The number of carbonyl (C=O) groups excluding carboxylic acids is 2. The minimum atomic E-state index is -4.07. The van der Waals surface area contributed by atoms with Crippen LogP contribution in [0.4, 0.5) is 0 Å². The highest BCUT2D eigenvalue weighted by Gasteiger charge is 2.28. The summed E-state index contributed by atoms with van der Waals surface area (Å²) in [5, 5.41) is 7.85. The summed E-state index contributed by atoms with van der Waals surface area (Å²) in [6.07, 6.45) is 3.10. The molecule has 1 aromatic carbocycles. The molecule has 1 aliphatic carbocycles. The number of rotatable bonds is 5. The molecule has 0 spiro atoms. The van der Waals surface area contributed by atoms with Gasteiger partial charge in [-0.3, -0.25) is 4.79 Å². The number of hydrogen-bond donors (Lipinski definition) is 2. The number of nitrogens with two attached hydrogens (primary N) is 1. The van der Waals surface area contributed by atoms with Crippen molar-refractivity contribution in [2.75, 3.05) is 6.61 Å². The van der Waals surface area contributed by atoms with Crippen molar-refractivity contribution in [3.63, 3.8) is 0 Å². The summed E-state index contributed by atoms with van der Waals surface area (Å²) in [7, 11) is -4.07. The second kappa shape index (κ2) is 8.37. The summed E-state index contributed by atoms with van der Waals surface area (Å²) < 4.78 is 27.9. The van der Waals surface area contributed by atoms with E-state index in [1.165, 1.54) is 12.1 Å². The van der Waals surface area contributed by atoms with Crippen LogP contribution in [0, 0.1) is 11.8 Å². The van der Waals surface area contributed by atoms with Crippen molar-refractivity contribution in [3.05, 3.63) is 28.8 Å². The van der Waals surface area contributed by atoms with E-state index in [-0.39, 0.29) is 27.4 Å².